The van der Waals surface area contributed by atoms with Gasteiger partial charge in [-0.2, -0.15) is 0 Å². The molecule has 21 heavy (non-hydrogen) atoms. The molecule has 2 heterocycles. The molecule has 0 spiro atoms. The van der Waals surface area contributed by atoms with Crippen molar-refractivity contribution >= 4 is 5.91 Å². The number of rotatable bonds is 4. The molecule has 2 aliphatic heterocycles. The number of hydrogen-bond acceptors (Lipinski definition) is 4. The zero-order valence-electron chi connectivity index (χ0n) is 12.3. The van der Waals surface area contributed by atoms with Crippen molar-refractivity contribution in [3.05, 3.63) is 30.3 Å². The molecule has 1 unspecified atom stereocenters. The highest BCUT2D eigenvalue weighted by atomic mass is 16.5. The molecule has 1 aromatic carbocycles. The van der Waals surface area contributed by atoms with E-state index in [4.69, 9.17) is 4.74 Å². The molecule has 5 heteroatoms. The van der Waals surface area contributed by atoms with Crippen LogP contribution in [0, 0.1) is 0 Å². The Balaban J connectivity index is 1.45. The summed E-state index contributed by atoms with van der Waals surface area (Å²) < 4.78 is 5.55. The average molecular weight is 289 g/mol. The minimum Gasteiger partial charge on any atom is -0.484 e. The first-order chi connectivity index (χ1) is 10.3. The first kappa shape index (κ1) is 14.4. The SMILES string of the molecule is O=C(COc1ccccc1)N1CCC(N2CCNCC2)C1. The summed E-state index contributed by atoms with van der Waals surface area (Å²) in [7, 11) is 0. The van der Waals surface area contributed by atoms with Gasteiger partial charge in [0.2, 0.25) is 0 Å². The summed E-state index contributed by atoms with van der Waals surface area (Å²) in [6.07, 6.45) is 1.08. The molecule has 0 saturated carbocycles. The Hall–Kier alpha value is -1.59. The van der Waals surface area contributed by atoms with Gasteiger partial charge in [0.05, 0.1) is 0 Å². The number of nitrogens with zero attached hydrogens (tertiary/aromatic N) is 2. The van der Waals surface area contributed by atoms with Crippen LogP contribution in [0.5, 0.6) is 5.75 Å². The van der Waals surface area contributed by atoms with E-state index in [0.29, 0.717) is 6.04 Å². The van der Waals surface area contributed by atoms with Crippen LogP contribution < -0.4 is 10.1 Å². The van der Waals surface area contributed by atoms with Crippen LogP contribution in [0.25, 0.3) is 0 Å². The van der Waals surface area contributed by atoms with Crippen LogP contribution >= 0.6 is 0 Å². The summed E-state index contributed by atoms with van der Waals surface area (Å²) in [5.41, 5.74) is 0. The summed E-state index contributed by atoms with van der Waals surface area (Å²) in [5.74, 6) is 0.847. The lowest BCUT2D eigenvalue weighted by Gasteiger charge is -2.32. The quantitative estimate of drug-likeness (QED) is 0.880. The van der Waals surface area contributed by atoms with Crippen LogP contribution in [0.3, 0.4) is 0 Å². The van der Waals surface area contributed by atoms with Crippen molar-refractivity contribution in [2.45, 2.75) is 12.5 Å². The number of nitrogens with one attached hydrogen (secondary N) is 1. The highest BCUT2D eigenvalue weighted by Gasteiger charge is 2.30. The van der Waals surface area contributed by atoms with Crippen molar-refractivity contribution in [2.24, 2.45) is 0 Å². The van der Waals surface area contributed by atoms with E-state index in [-0.39, 0.29) is 12.5 Å². The normalized spacial score (nSPS) is 23.2. The molecule has 1 N–H and O–H groups in total. The zero-order valence-corrected chi connectivity index (χ0v) is 12.3. The maximum atomic E-state index is 12.2. The average Bonchev–Trinajstić information content (AvgIpc) is 3.04. The van der Waals surface area contributed by atoms with Crippen LogP contribution in [-0.2, 0) is 4.79 Å². The number of carbonyl (C=O) groups is 1. The minimum absolute atomic E-state index is 0.0940. The van der Waals surface area contributed by atoms with Crippen molar-refractivity contribution in [3.8, 4) is 5.75 Å². The van der Waals surface area contributed by atoms with Gasteiger partial charge in [-0.15, -0.1) is 0 Å². The van der Waals surface area contributed by atoms with Crippen LogP contribution in [0.1, 0.15) is 6.42 Å². The Morgan fingerprint density at radius 2 is 1.95 bits per heavy atom. The molecule has 2 aliphatic rings. The topological polar surface area (TPSA) is 44.8 Å². The fourth-order valence-corrected chi connectivity index (χ4v) is 3.07. The fraction of sp³-hybridized carbons (Fsp3) is 0.562. The van der Waals surface area contributed by atoms with Gasteiger partial charge in [-0.05, 0) is 18.6 Å². The maximum Gasteiger partial charge on any atom is 0.260 e. The second-order valence-corrected chi connectivity index (χ2v) is 5.67. The molecular formula is C16H23N3O2. The third kappa shape index (κ3) is 3.74. The van der Waals surface area contributed by atoms with E-state index in [9.17, 15) is 4.79 Å². The summed E-state index contributed by atoms with van der Waals surface area (Å²) in [4.78, 5) is 16.7. The van der Waals surface area contributed by atoms with Crippen LogP contribution in [-0.4, -0.2) is 67.6 Å². The number of ether oxygens (including phenoxy) is 1. The predicted octanol–water partition coefficient (Wildman–Crippen LogP) is 0.572. The van der Waals surface area contributed by atoms with Crippen molar-refractivity contribution in [2.75, 3.05) is 45.9 Å². The number of para-hydroxylation sites is 1. The van der Waals surface area contributed by atoms with Gasteiger partial charge in [-0.1, -0.05) is 18.2 Å². The summed E-state index contributed by atoms with van der Waals surface area (Å²) >= 11 is 0. The second kappa shape index (κ2) is 6.91. The molecule has 114 valence electrons. The van der Waals surface area contributed by atoms with E-state index in [0.717, 1.165) is 51.4 Å². The number of benzene rings is 1. The molecule has 1 aromatic rings. The van der Waals surface area contributed by atoms with Gasteiger partial charge in [0.15, 0.2) is 6.61 Å². The third-order valence-electron chi connectivity index (χ3n) is 4.29. The lowest BCUT2D eigenvalue weighted by molar-refractivity contribution is -0.132. The highest BCUT2D eigenvalue weighted by Crippen LogP contribution is 2.17. The molecule has 3 rings (SSSR count). The number of piperazine rings is 1. The van der Waals surface area contributed by atoms with E-state index >= 15 is 0 Å². The zero-order chi connectivity index (χ0) is 14.5. The summed E-state index contributed by atoms with van der Waals surface area (Å²) in [5, 5.41) is 3.37. The van der Waals surface area contributed by atoms with Crippen LogP contribution in [0.4, 0.5) is 0 Å². The molecule has 0 bridgehead atoms. The van der Waals surface area contributed by atoms with Crippen molar-refractivity contribution in [3.63, 3.8) is 0 Å². The molecule has 0 aliphatic carbocycles. The van der Waals surface area contributed by atoms with Gasteiger partial charge in [0.1, 0.15) is 5.75 Å². The Bertz CT molecular complexity index is 460. The lowest BCUT2D eigenvalue weighted by atomic mass is 10.2. The van der Waals surface area contributed by atoms with Gasteiger partial charge in [0, 0.05) is 45.3 Å². The van der Waals surface area contributed by atoms with Crippen LogP contribution in [0.15, 0.2) is 30.3 Å². The van der Waals surface area contributed by atoms with E-state index in [1.165, 1.54) is 0 Å². The molecule has 1 amide bonds. The Labute approximate surface area is 125 Å². The van der Waals surface area contributed by atoms with Gasteiger partial charge < -0.3 is 15.0 Å². The summed E-state index contributed by atoms with van der Waals surface area (Å²) in [6.45, 7) is 6.13. The number of amides is 1. The molecular weight excluding hydrogens is 266 g/mol. The van der Waals surface area contributed by atoms with Crippen molar-refractivity contribution in [1.29, 1.82) is 0 Å². The van der Waals surface area contributed by atoms with Crippen molar-refractivity contribution < 1.29 is 9.53 Å². The maximum absolute atomic E-state index is 12.2. The first-order valence-electron chi connectivity index (χ1n) is 7.73. The summed E-state index contributed by atoms with van der Waals surface area (Å²) in [6, 6.07) is 10.0. The predicted molar refractivity (Wildman–Crippen MR) is 81.4 cm³/mol. The van der Waals surface area contributed by atoms with Gasteiger partial charge in [-0.25, -0.2) is 0 Å². The second-order valence-electron chi connectivity index (χ2n) is 5.67. The lowest BCUT2D eigenvalue weighted by Crippen LogP contribution is -2.49. The fourth-order valence-electron chi connectivity index (χ4n) is 3.07. The largest absolute Gasteiger partial charge is 0.484 e. The number of hydrogen-bond donors (Lipinski definition) is 1. The van der Waals surface area contributed by atoms with Gasteiger partial charge in [0.25, 0.3) is 5.91 Å². The number of carbonyl (C=O) groups excluding carboxylic acids is 1. The first-order valence-corrected chi connectivity index (χ1v) is 7.73. The number of likely N-dealkylation sites (tertiary alicyclic amines) is 1. The molecule has 1 atom stereocenters. The Morgan fingerprint density at radius 3 is 2.71 bits per heavy atom. The Morgan fingerprint density at radius 1 is 1.19 bits per heavy atom. The molecule has 5 nitrogen and oxygen atoms in total. The molecule has 0 radical (unpaired) electrons. The molecule has 2 saturated heterocycles. The standard InChI is InChI=1S/C16H23N3O2/c20-16(13-21-15-4-2-1-3-5-15)19-9-6-14(12-19)18-10-7-17-8-11-18/h1-5,14,17H,6-13H2. The Kier molecular flexibility index (Phi) is 4.72. The monoisotopic (exact) mass is 289 g/mol. The van der Waals surface area contributed by atoms with Crippen LogP contribution in [0.2, 0.25) is 0 Å². The molecule has 0 aromatic heterocycles. The molecule has 2 fully saturated rings. The smallest absolute Gasteiger partial charge is 0.260 e. The van der Waals surface area contributed by atoms with E-state index < -0.39 is 0 Å². The highest BCUT2D eigenvalue weighted by molar-refractivity contribution is 5.78. The van der Waals surface area contributed by atoms with E-state index in [1.54, 1.807) is 0 Å². The van der Waals surface area contributed by atoms with Gasteiger partial charge >= 0.3 is 0 Å². The van der Waals surface area contributed by atoms with Crippen molar-refractivity contribution in [1.82, 2.24) is 15.1 Å². The van der Waals surface area contributed by atoms with E-state index in [2.05, 4.69) is 10.2 Å². The van der Waals surface area contributed by atoms with Gasteiger partial charge in [-0.3, -0.25) is 9.69 Å². The van der Waals surface area contributed by atoms with E-state index in [1.807, 2.05) is 35.2 Å². The minimum atomic E-state index is 0.0940. The third-order valence-corrected chi connectivity index (χ3v) is 4.29.